The lowest BCUT2D eigenvalue weighted by molar-refractivity contribution is -0.138. The van der Waals surface area contributed by atoms with E-state index in [2.05, 4.69) is 9.97 Å². The quantitative estimate of drug-likeness (QED) is 0.0945. The molecule has 0 saturated carbocycles. The number of hydrogen-bond donors (Lipinski definition) is 0. The van der Waals surface area contributed by atoms with Crippen LogP contribution < -0.4 is 0 Å². The van der Waals surface area contributed by atoms with Gasteiger partial charge in [0.15, 0.2) is 10.3 Å². The summed E-state index contributed by atoms with van der Waals surface area (Å²) in [5, 5.41) is 1.67. The van der Waals surface area contributed by atoms with Crippen molar-refractivity contribution >= 4 is 47.6 Å². The van der Waals surface area contributed by atoms with Gasteiger partial charge in [0.1, 0.15) is 0 Å². The molecule has 2 aromatic carbocycles. The second-order valence-corrected chi connectivity index (χ2v) is 11.0. The molecule has 0 bridgehead atoms. The van der Waals surface area contributed by atoms with Crippen LogP contribution in [0.15, 0.2) is 105 Å². The maximum absolute atomic E-state index is 12.1. The van der Waals surface area contributed by atoms with Crippen molar-refractivity contribution in [3.05, 3.63) is 96.6 Å². The summed E-state index contributed by atoms with van der Waals surface area (Å²) < 4.78 is 14.4. The smallest absolute Gasteiger partial charge is 0.330 e. The maximum Gasteiger partial charge on any atom is 0.330 e. The van der Waals surface area contributed by atoms with Gasteiger partial charge < -0.3 is 18.6 Å². The Morgan fingerprint density at radius 1 is 0.683 bits per heavy atom. The van der Waals surface area contributed by atoms with E-state index in [-0.39, 0.29) is 0 Å². The number of benzene rings is 2. The predicted octanol–water partition coefficient (Wildman–Crippen LogP) is 6.44. The van der Waals surface area contributed by atoms with Crippen LogP contribution in [0.4, 0.5) is 0 Å². The third-order valence-corrected chi connectivity index (χ3v) is 8.06. The van der Waals surface area contributed by atoms with Crippen molar-refractivity contribution in [1.29, 1.82) is 0 Å². The zero-order valence-electron chi connectivity index (χ0n) is 23.0. The number of carbonyl (C=O) groups is 2. The summed E-state index contributed by atoms with van der Waals surface area (Å²) >= 11 is 3.12. The molecule has 0 aliphatic heterocycles. The molecule has 4 aromatic rings. The molecular formula is C31H32N4O4S2. The fourth-order valence-electron chi connectivity index (χ4n) is 3.63. The van der Waals surface area contributed by atoms with Crippen LogP contribution in [-0.4, -0.2) is 44.3 Å². The molecule has 0 unspecified atom stereocenters. The molecule has 0 atom stereocenters. The highest BCUT2D eigenvalue weighted by Crippen LogP contribution is 2.27. The Morgan fingerprint density at radius 3 is 1.51 bits per heavy atom. The summed E-state index contributed by atoms with van der Waals surface area (Å²) in [5.41, 5.74) is 1.62. The highest BCUT2D eigenvalue weighted by atomic mass is 32.2. The minimum Gasteiger partial charge on any atom is -0.463 e. The molecule has 0 amide bonds. The van der Waals surface area contributed by atoms with E-state index in [0.717, 1.165) is 37.9 Å². The van der Waals surface area contributed by atoms with Crippen molar-refractivity contribution in [2.45, 2.75) is 39.4 Å². The fourth-order valence-corrected chi connectivity index (χ4v) is 5.33. The van der Waals surface area contributed by atoms with Crippen LogP contribution in [0.5, 0.6) is 0 Å². The van der Waals surface area contributed by atoms with Crippen LogP contribution in [0.1, 0.15) is 30.7 Å². The standard InChI is InChI=1S/C31H32N4O4S2/c1-34-24(22-32-30(34)40-26-12-6-3-7-13-26)16-18-28(36)38-20-10-5-11-21-39-29(37)19-17-25-23-33-31(35(25)2)41-27-14-8-4-9-15-27/h3-4,6-9,12-19,22-23H,5,10-11,20-21H2,1-2H3/b18-16+,19-17+. The van der Waals surface area contributed by atoms with Gasteiger partial charge in [0, 0.05) is 36.0 Å². The summed E-state index contributed by atoms with van der Waals surface area (Å²) in [6.07, 6.45) is 11.8. The van der Waals surface area contributed by atoms with E-state index in [0.29, 0.717) is 26.1 Å². The van der Waals surface area contributed by atoms with Gasteiger partial charge in [-0.15, -0.1) is 0 Å². The molecule has 0 saturated heterocycles. The Labute approximate surface area is 248 Å². The van der Waals surface area contributed by atoms with Crippen molar-refractivity contribution in [3.63, 3.8) is 0 Å². The van der Waals surface area contributed by atoms with E-state index in [9.17, 15) is 9.59 Å². The lowest BCUT2D eigenvalue weighted by atomic mass is 10.2. The van der Waals surface area contributed by atoms with Crippen LogP contribution in [-0.2, 0) is 33.2 Å². The van der Waals surface area contributed by atoms with Crippen LogP contribution in [0, 0.1) is 0 Å². The third-order valence-electron chi connectivity index (χ3n) is 5.93. The molecule has 8 nitrogen and oxygen atoms in total. The van der Waals surface area contributed by atoms with Crippen molar-refractivity contribution < 1.29 is 19.1 Å². The number of aromatic nitrogens is 4. The Morgan fingerprint density at radius 2 is 1.10 bits per heavy atom. The largest absolute Gasteiger partial charge is 0.463 e. The molecule has 4 rings (SSSR count). The molecule has 0 N–H and O–H groups in total. The van der Waals surface area contributed by atoms with Crippen molar-refractivity contribution in [1.82, 2.24) is 19.1 Å². The zero-order chi connectivity index (χ0) is 28.9. The first kappa shape index (κ1) is 30.0. The molecule has 0 fully saturated rings. The topological polar surface area (TPSA) is 88.2 Å². The second kappa shape index (κ2) is 15.7. The second-order valence-electron chi connectivity index (χ2n) is 8.94. The zero-order valence-corrected chi connectivity index (χ0v) is 24.6. The van der Waals surface area contributed by atoms with Gasteiger partial charge in [-0.3, -0.25) is 0 Å². The van der Waals surface area contributed by atoms with E-state index < -0.39 is 11.9 Å². The first-order valence-electron chi connectivity index (χ1n) is 13.2. The van der Waals surface area contributed by atoms with Gasteiger partial charge >= 0.3 is 11.9 Å². The number of esters is 2. The van der Waals surface area contributed by atoms with Crippen LogP contribution in [0.25, 0.3) is 12.2 Å². The molecule has 10 heteroatoms. The first-order valence-corrected chi connectivity index (χ1v) is 14.8. The van der Waals surface area contributed by atoms with E-state index in [4.69, 9.17) is 9.47 Å². The molecule has 0 aliphatic rings. The highest BCUT2D eigenvalue weighted by Gasteiger charge is 2.08. The molecule has 2 aromatic heterocycles. The molecule has 0 aliphatic carbocycles. The summed E-state index contributed by atoms with van der Waals surface area (Å²) in [7, 11) is 3.82. The number of ether oxygens (including phenoxy) is 2. The molecular weight excluding hydrogens is 556 g/mol. The van der Waals surface area contributed by atoms with Crippen molar-refractivity contribution in [2.75, 3.05) is 13.2 Å². The van der Waals surface area contributed by atoms with E-state index in [1.54, 1.807) is 48.1 Å². The lowest BCUT2D eigenvalue weighted by Gasteiger charge is -2.04. The molecule has 0 spiro atoms. The normalized spacial score (nSPS) is 11.4. The van der Waals surface area contributed by atoms with E-state index in [1.807, 2.05) is 83.9 Å². The van der Waals surface area contributed by atoms with E-state index >= 15 is 0 Å². The number of carbonyl (C=O) groups excluding carboxylic acids is 2. The Balaban J connectivity index is 1.08. The predicted molar refractivity (Wildman–Crippen MR) is 161 cm³/mol. The van der Waals surface area contributed by atoms with Crippen LogP contribution >= 0.6 is 23.5 Å². The Hall–Kier alpha value is -4.02. The number of hydrogen-bond acceptors (Lipinski definition) is 8. The minimum absolute atomic E-state index is 0.307. The monoisotopic (exact) mass is 588 g/mol. The summed E-state index contributed by atoms with van der Waals surface area (Å²) in [5.74, 6) is -0.805. The summed E-state index contributed by atoms with van der Waals surface area (Å²) in [6, 6.07) is 20.0. The van der Waals surface area contributed by atoms with Gasteiger partial charge in [-0.2, -0.15) is 0 Å². The van der Waals surface area contributed by atoms with Crippen LogP contribution in [0.2, 0.25) is 0 Å². The van der Waals surface area contributed by atoms with Gasteiger partial charge in [0.05, 0.1) is 37.0 Å². The average molecular weight is 589 g/mol. The molecule has 212 valence electrons. The van der Waals surface area contributed by atoms with Crippen molar-refractivity contribution in [3.8, 4) is 0 Å². The summed E-state index contributed by atoms with van der Waals surface area (Å²) in [6.45, 7) is 0.614. The SMILES string of the molecule is Cn1c(/C=C/C(=O)OCCCCCOC(=O)/C=C/c2cnc(Sc3ccccc3)n2C)cnc1Sc1ccccc1. The fraction of sp³-hybridized carbons (Fsp3) is 0.226. The number of unbranched alkanes of at least 4 members (excludes halogenated alkanes) is 2. The number of imidazole rings is 2. The lowest BCUT2D eigenvalue weighted by Crippen LogP contribution is -2.05. The number of nitrogens with zero attached hydrogens (tertiary/aromatic N) is 4. The van der Waals surface area contributed by atoms with Crippen LogP contribution in [0.3, 0.4) is 0 Å². The van der Waals surface area contributed by atoms with E-state index in [1.165, 1.54) is 12.2 Å². The number of rotatable bonds is 14. The van der Waals surface area contributed by atoms with Gasteiger partial charge in [0.25, 0.3) is 0 Å². The minimum atomic E-state index is -0.402. The molecule has 2 heterocycles. The average Bonchev–Trinajstić information content (AvgIpc) is 3.51. The van der Waals surface area contributed by atoms with Gasteiger partial charge in [0.2, 0.25) is 0 Å². The highest BCUT2D eigenvalue weighted by molar-refractivity contribution is 7.99. The molecule has 0 radical (unpaired) electrons. The summed E-state index contributed by atoms with van der Waals surface area (Å²) in [4.78, 5) is 35.2. The Kier molecular flexibility index (Phi) is 11.5. The Bertz CT molecular complexity index is 1370. The third kappa shape index (κ3) is 9.54. The van der Waals surface area contributed by atoms with Crippen molar-refractivity contribution in [2.24, 2.45) is 14.1 Å². The van der Waals surface area contributed by atoms with Gasteiger partial charge in [-0.25, -0.2) is 19.6 Å². The first-order chi connectivity index (χ1) is 20.0. The van der Waals surface area contributed by atoms with Gasteiger partial charge in [-0.05, 0) is 55.7 Å². The maximum atomic E-state index is 12.1. The van der Waals surface area contributed by atoms with Gasteiger partial charge in [-0.1, -0.05) is 59.9 Å². The molecule has 41 heavy (non-hydrogen) atoms.